The zero-order chi connectivity index (χ0) is 15.5. The molecular formula is C16H19N3O3. The highest BCUT2D eigenvalue weighted by Crippen LogP contribution is 2.19. The first-order chi connectivity index (χ1) is 10.6. The lowest BCUT2D eigenvalue weighted by atomic mass is 9.98. The largest absolute Gasteiger partial charge is 0.325 e. The monoisotopic (exact) mass is 301 g/mol. The second-order valence-corrected chi connectivity index (χ2v) is 5.85. The Morgan fingerprint density at radius 2 is 2.00 bits per heavy atom. The molecule has 0 saturated carbocycles. The number of imide groups is 1. The minimum atomic E-state index is -0.282. The maximum Gasteiger partial charge on any atom is 0.241 e. The van der Waals surface area contributed by atoms with E-state index in [9.17, 15) is 14.4 Å². The number of anilines is 1. The third-order valence-corrected chi connectivity index (χ3v) is 4.15. The van der Waals surface area contributed by atoms with Gasteiger partial charge < -0.3 is 10.6 Å². The fourth-order valence-electron chi connectivity index (χ4n) is 2.92. The molecule has 2 heterocycles. The van der Waals surface area contributed by atoms with E-state index in [4.69, 9.17) is 0 Å². The van der Waals surface area contributed by atoms with Gasteiger partial charge in [-0.05, 0) is 43.5 Å². The molecule has 3 N–H and O–H groups in total. The summed E-state index contributed by atoms with van der Waals surface area (Å²) in [6.45, 7) is 0.888. The second kappa shape index (κ2) is 6.27. The van der Waals surface area contributed by atoms with Crippen LogP contribution in [0.4, 0.5) is 5.69 Å². The van der Waals surface area contributed by atoms with E-state index in [0.717, 1.165) is 30.6 Å². The lowest BCUT2D eigenvalue weighted by Crippen LogP contribution is -2.35. The molecule has 0 aromatic heterocycles. The van der Waals surface area contributed by atoms with E-state index >= 15 is 0 Å². The Morgan fingerprint density at radius 1 is 1.23 bits per heavy atom. The molecule has 2 aliphatic rings. The lowest BCUT2D eigenvalue weighted by molar-refractivity contribution is -0.125. The van der Waals surface area contributed by atoms with Crippen LogP contribution in [0, 0.1) is 5.92 Å². The zero-order valence-electron chi connectivity index (χ0n) is 12.2. The highest BCUT2D eigenvalue weighted by Gasteiger charge is 2.30. The molecule has 6 nitrogen and oxygen atoms in total. The van der Waals surface area contributed by atoms with Crippen LogP contribution >= 0.6 is 0 Å². The van der Waals surface area contributed by atoms with Crippen molar-refractivity contribution >= 4 is 23.4 Å². The quantitative estimate of drug-likeness (QED) is 0.710. The first-order valence-electron chi connectivity index (χ1n) is 7.59. The van der Waals surface area contributed by atoms with Crippen LogP contribution in [0.1, 0.15) is 24.8 Å². The van der Waals surface area contributed by atoms with E-state index in [1.165, 1.54) is 0 Å². The fourth-order valence-corrected chi connectivity index (χ4v) is 2.92. The van der Waals surface area contributed by atoms with Crippen LogP contribution in [0.25, 0.3) is 0 Å². The second-order valence-electron chi connectivity index (χ2n) is 5.85. The van der Waals surface area contributed by atoms with Gasteiger partial charge in [0.2, 0.25) is 17.7 Å². The maximum atomic E-state index is 12.0. The number of rotatable bonds is 4. The van der Waals surface area contributed by atoms with Crippen molar-refractivity contribution in [3.05, 3.63) is 29.8 Å². The van der Waals surface area contributed by atoms with Crippen molar-refractivity contribution < 1.29 is 14.4 Å². The normalized spacial score (nSPS) is 24.4. The van der Waals surface area contributed by atoms with Gasteiger partial charge >= 0.3 is 0 Å². The standard InChI is InChI=1S/C16H19N3O3/c20-14-9-11(15(21)19-14)8-10-3-5-12(6-4-10)18-16(22)13-2-1-7-17-13/h3-6,11,13,17H,1-2,7-9H2,(H,18,22)(H,19,20,21). The average Bonchev–Trinajstić information content (AvgIpc) is 3.12. The number of nitrogens with one attached hydrogen (secondary N) is 3. The summed E-state index contributed by atoms with van der Waals surface area (Å²) in [6, 6.07) is 7.32. The number of benzene rings is 1. The molecule has 2 fully saturated rings. The molecule has 0 aliphatic carbocycles. The molecule has 0 bridgehead atoms. The van der Waals surface area contributed by atoms with Crippen LogP contribution in [-0.2, 0) is 20.8 Å². The summed E-state index contributed by atoms with van der Waals surface area (Å²) in [5, 5.41) is 8.36. The van der Waals surface area contributed by atoms with Gasteiger partial charge in [0.15, 0.2) is 0 Å². The predicted molar refractivity (Wildman–Crippen MR) is 81.1 cm³/mol. The molecule has 2 aliphatic heterocycles. The number of amides is 3. The van der Waals surface area contributed by atoms with Gasteiger partial charge in [-0.3, -0.25) is 19.7 Å². The molecule has 22 heavy (non-hydrogen) atoms. The van der Waals surface area contributed by atoms with E-state index < -0.39 is 0 Å². The molecule has 6 heteroatoms. The number of hydrogen-bond acceptors (Lipinski definition) is 4. The van der Waals surface area contributed by atoms with Gasteiger partial charge in [-0.25, -0.2) is 0 Å². The van der Waals surface area contributed by atoms with E-state index in [-0.39, 0.29) is 36.1 Å². The number of carbonyl (C=O) groups is 3. The molecule has 116 valence electrons. The summed E-state index contributed by atoms with van der Waals surface area (Å²) in [7, 11) is 0. The van der Waals surface area contributed by atoms with Crippen LogP contribution in [0.15, 0.2) is 24.3 Å². The molecule has 1 aromatic rings. The third-order valence-electron chi connectivity index (χ3n) is 4.15. The molecule has 3 rings (SSSR count). The van der Waals surface area contributed by atoms with Gasteiger partial charge in [0.1, 0.15) is 0 Å². The first kappa shape index (κ1) is 14.7. The molecule has 2 atom stereocenters. The Hall–Kier alpha value is -2.21. The Morgan fingerprint density at radius 3 is 2.59 bits per heavy atom. The lowest BCUT2D eigenvalue weighted by Gasteiger charge is -2.12. The average molecular weight is 301 g/mol. The third kappa shape index (κ3) is 3.33. The van der Waals surface area contributed by atoms with Crippen molar-refractivity contribution in [2.45, 2.75) is 31.7 Å². The Bertz CT molecular complexity index is 591. The predicted octanol–water partition coefficient (Wildman–Crippen LogP) is 0.582. The molecule has 2 unspecified atom stereocenters. The van der Waals surface area contributed by atoms with Gasteiger partial charge in [0, 0.05) is 12.1 Å². The summed E-state index contributed by atoms with van der Waals surface area (Å²) in [4.78, 5) is 34.7. The first-order valence-corrected chi connectivity index (χ1v) is 7.59. The highest BCUT2D eigenvalue weighted by molar-refractivity contribution is 6.03. The summed E-state index contributed by atoms with van der Waals surface area (Å²) < 4.78 is 0. The van der Waals surface area contributed by atoms with Gasteiger partial charge in [0.25, 0.3) is 0 Å². The fraction of sp³-hybridized carbons (Fsp3) is 0.438. The molecule has 0 radical (unpaired) electrons. The van der Waals surface area contributed by atoms with Crippen molar-refractivity contribution in [3.63, 3.8) is 0 Å². The Kier molecular flexibility index (Phi) is 4.20. The number of carbonyl (C=O) groups excluding carboxylic acids is 3. The highest BCUT2D eigenvalue weighted by atomic mass is 16.2. The number of hydrogen-bond donors (Lipinski definition) is 3. The van der Waals surface area contributed by atoms with Crippen LogP contribution in [0.3, 0.4) is 0 Å². The minimum Gasteiger partial charge on any atom is -0.325 e. The van der Waals surface area contributed by atoms with Crippen molar-refractivity contribution in [1.82, 2.24) is 10.6 Å². The molecule has 1 aromatic carbocycles. The van der Waals surface area contributed by atoms with Gasteiger partial charge in [0.05, 0.1) is 12.0 Å². The van der Waals surface area contributed by atoms with Gasteiger partial charge in [-0.15, -0.1) is 0 Å². The molecular weight excluding hydrogens is 282 g/mol. The van der Waals surface area contributed by atoms with Crippen molar-refractivity contribution in [3.8, 4) is 0 Å². The van der Waals surface area contributed by atoms with Crippen LogP contribution < -0.4 is 16.0 Å². The van der Waals surface area contributed by atoms with E-state index in [1.54, 1.807) is 0 Å². The van der Waals surface area contributed by atoms with Crippen LogP contribution in [0.5, 0.6) is 0 Å². The maximum absolute atomic E-state index is 12.0. The summed E-state index contributed by atoms with van der Waals surface area (Å²) >= 11 is 0. The van der Waals surface area contributed by atoms with Gasteiger partial charge in [-0.2, -0.15) is 0 Å². The summed E-state index contributed by atoms with van der Waals surface area (Å²) in [5.74, 6) is -0.695. The van der Waals surface area contributed by atoms with E-state index in [0.29, 0.717) is 6.42 Å². The van der Waals surface area contributed by atoms with Crippen molar-refractivity contribution in [1.29, 1.82) is 0 Å². The van der Waals surface area contributed by atoms with E-state index in [1.807, 2.05) is 24.3 Å². The molecule has 2 saturated heterocycles. The minimum absolute atomic E-state index is 0.00832. The Balaban J connectivity index is 1.57. The van der Waals surface area contributed by atoms with E-state index in [2.05, 4.69) is 16.0 Å². The van der Waals surface area contributed by atoms with Gasteiger partial charge in [-0.1, -0.05) is 12.1 Å². The van der Waals surface area contributed by atoms with Crippen LogP contribution in [-0.4, -0.2) is 30.3 Å². The van der Waals surface area contributed by atoms with Crippen molar-refractivity contribution in [2.75, 3.05) is 11.9 Å². The SMILES string of the molecule is O=C1CC(Cc2ccc(NC(=O)C3CCCN3)cc2)C(=O)N1. The Labute approximate surface area is 128 Å². The zero-order valence-corrected chi connectivity index (χ0v) is 12.2. The summed E-state index contributed by atoms with van der Waals surface area (Å²) in [5.41, 5.74) is 1.72. The topological polar surface area (TPSA) is 87.3 Å². The molecule has 3 amide bonds. The van der Waals surface area contributed by atoms with Crippen molar-refractivity contribution in [2.24, 2.45) is 5.92 Å². The smallest absolute Gasteiger partial charge is 0.241 e. The summed E-state index contributed by atoms with van der Waals surface area (Å²) in [6.07, 6.45) is 2.69. The molecule has 0 spiro atoms. The van der Waals surface area contributed by atoms with Crippen LogP contribution in [0.2, 0.25) is 0 Å².